The monoisotopic (exact) mass is 391 g/mol. The number of hydrogen-bond acceptors (Lipinski definition) is 4. The molecule has 27 heavy (non-hydrogen) atoms. The fourth-order valence-electron chi connectivity index (χ4n) is 4.69. The lowest BCUT2D eigenvalue weighted by Crippen LogP contribution is -2.44. The molecule has 1 aromatic rings. The molecule has 7 heteroatoms. The van der Waals surface area contributed by atoms with Gasteiger partial charge in [0.25, 0.3) is 0 Å². The van der Waals surface area contributed by atoms with E-state index in [1.165, 1.54) is 11.3 Å². The molecule has 1 aliphatic carbocycles. The van der Waals surface area contributed by atoms with Crippen LogP contribution in [-0.4, -0.2) is 35.7 Å². The van der Waals surface area contributed by atoms with Crippen LogP contribution in [0.5, 0.6) is 0 Å². The van der Waals surface area contributed by atoms with E-state index in [1.54, 1.807) is 0 Å². The van der Waals surface area contributed by atoms with E-state index >= 15 is 0 Å². The average Bonchev–Trinajstić information content (AvgIpc) is 3.22. The van der Waals surface area contributed by atoms with Gasteiger partial charge in [0.05, 0.1) is 12.0 Å². The Kier molecular flexibility index (Phi) is 5.86. The van der Waals surface area contributed by atoms with Crippen LogP contribution in [0.2, 0.25) is 0 Å². The number of nitrogens with one attached hydrogen (secondary N) is 2. The molecule has 2 aliphatic heterocycles. The van der Waals surface area contributed by atoms with E-state index in [-0.39, 0.29) is 54.9 Å². The number of carbonyl (C=O) groups excluding carboxylic acids is 3. The number of fused-ring (bicyclic) bond motifs is 1. The molecule has 3 aliphatic rings. The lowest BCUT2D eigenvalue weighted by molar-refractivity contribution is -0.139. The van der Waals surface area contributed by atoms with Gasteiger partial charge < -0.3 is 10.6 Å². The zero-order chi connectivity index (χ0) is 18.1. The van der Waals surface area contributed by atoms with Crippen molar-refractivity contribution in [2.45, 2.75) is 45.1 Å². The maximum atomic E-state index is 13.2. The van der Waals surface area contributed by atoms with Crippen LogP contribution in [0.3, 0.4) is 0 Å². The van der Waals surface area contributed by atoms with Crippen molar-refractivity contribution in [1.29, 1.82) is 0 Å². The van der Waals surface area contributed by atoms with Crippen molar-refractivity contribution in [3.8, 4) is 0 Å². The molecule has 1 saturated carbocycles. The lowest BCUT2D eigenvalue weighted by Gasteiger charge is -2.37. The molecule has 2 heterocycles. The third-order valence-corrected chi connectivity index (χ3v) is 6.24. The van der Waals surface area contributed by atoms with Crippen LogP contribution in [0, 0.1) is 11.3 Å². The number of likely N-dealkylation sites (tertiary alicyclic amines) is 1. The minimum atomic E-state index is -0.329. The fraction of sp³-hybridized carbons (Fsp3) is 0.550. The molecule has 1 aromatic carbocycles. The van der Waals surface area contributed by atoms with Crippen molar-refractivity contribution in [3.63, 3.8) is 0 Å². The summed E-state index contributed by atoms with van der Waals surface area (Å²) in [5, 5.41) is 6.52. The van der Waals surface area contributed by atoms with Gasteiger partial charge in [-0.25, -0.2) is 0 Å². The first-order chi connectivity index (χ1) is 12.6. The van der Waals surface area contributed by atoms with Gasteiger partial charge in [0, 0.05) is 25.1 Å². The standard InChI is InChI=1S/C20H25N3O3.ClH/c24-17-8-9-18(25)23(17)12-14-5-1-2-7-16(14)22-19(26)20-10-4-3-6-15(20)11-21-13-20;/h1-2,5,7,15,21H,3-4,6,8-13H2,(H,22,26);1H/t15-,20+;/m0./s1. The van der Waals surface area contributed by atoms with Gasteiger partial charge in [-0.3, -0.25) is 19.3 Å². The summed E-state index contributed by atoms with van der Waals surface area (Å²) in [6.07, 6.45) is 4.86. The van der Waals surface area contributed by atoms with Crippen LogP contribution in [0.15, 0.2) is 24.3 Å². The second kappa shape index (κ2) is 7.98. The third-order valence-electron chi connectivity index (χ3n) is 6.24. The number of anilines is 1. The van der Waals surface area contributed by atoms with Crippen molar-refractivity contribution in [2.24, 2.45) is 11.3 Å². The molecule has 0 radical (unpaired) electrons. The number of benzene rings is 1. The number of halogens is 1. The van der Waals surface area contributed by atoms with Crippen LogP contribution >= 0.6 is 12.4 Å². The predicted octanol–water partition coefficient (Wildman–Crippen LogP) is 2.48. The Morgan fingerprint density at radius 3 is 2.70 bits per heavy atom. The number of hydrogen-bond donors (Lipinski definition) is 2. The molecule has 2 N–H and O–H groups in total. The van der Waals surface area contributed by atoms with Gasteiger partial charge >= 0.3 is 0 Å². The summed E-state index contributed by atoms with van der Waals surface area (Å²) in [5.41, 5.74) is 1.18. The molecule has 0 unspecified atom stereocenters. The molecule has 4 rings (SSSR count). The summed E-state index contributed by atoms with van der Waals surface area (Å²) in [4.78, 5) is 38.3. The van der Waals surface area contributed by atoms with E-state index < -0.39 is 0 Å². The molecule has 2 saturated heterocycles. The number of para-hydroxylation sites is 1. The van der Waals surface area contributed by atoms with E-state index in [4.69, 9.17) is 0 Å². The molecule has 2 atom stereocenters. The Labute approximate surface area is 165 Å². The van der Waals surface area contributed by atoms with E-state index in [0.29, 0.717) is 11.6 Å². The van der Waals surface area contributed by atoms with Crippen molar-refractivity contribution >= 4 is 35.8 Å². The zero-order valence-electron chi connectivity index (χ0n) is 15.3. The van der Waals surface area contributed by atoms with Gasteiger partial charge in [-0.2, -0.15) is 0 Å². The maximum absolute atomic E-state index is 13.2. The Morgan fingerprint density at radius 2 is 1.93 bits per heavy atom. The first-order valence-electron chi connectivity index (χ1n) is 9.53. The molecular formula is C20H26ClN3O3. The third kappa shape index (κ3) is 3.60. The van der Waals surface area contributed by atoms with Gasteiger partial charge in [-0.15, -0.1) is 12.4 Å². The number of imide groups is 1. The van der Waals surface area contributed by atoms with Crippen molar-refractivity contribution in [3.05, 3.63) is 29.8 Å². The second-order valence-corrected chi connectivity index (χ2v) is 7.71. The SMILES string of the molecule is Cl.O=C1CCC(=O)N1Cc1ccccc1NC(=O)[C@@]12CCCC[C@H]1CNC2. The first kappa shape index (κ1) is 19.8. The second-order valence-electron chi connectivity index (χ2n) is 7.71. The number of rotatable bonds is 4. The number of carbonyl (C=O) groups is 3. The van der Waals surface area contributed by atoms with Gasteiger partial charge in [0.1, 0.15) is 0 Å². The van der Waals surface area contributed by atoms with E-state index in [2.05, 4.69) is 10.6 Å². The molecular weight excluding hydrogens is 366 g/mol. The summed E-state index contributed by atoms with van der Waals surface area (Å²) in [6, 6.07) is 7.47. The molecule has 0 bridgehead atoms. The highest BCUT2D eigenvalue weighted by Gasteiger charge is 2.49. The van der Waals surface area contributed by atoms with E-state index in [9.17, 15) is 14.4 Å². The Morgan fingerprint density at radius 1 is 1.19 bits per heavy atom. The van der Waals surface area contributed by atoms with Crippen LogP contribution in [0.1, 0.15) is 44.1 Å². The minimum absolute atomic E-state index is 0. The van der Waals surface area contributed by atoms with Crippen LogP contribution < -0.4 is 10.6 Å². The molecule has 3 fully saturated rings. The Hall–Kier alpha value is -1.92. The summed E-state index contributed by atoms with van der Waals surface area (Å²) < 4.78 is 0. The molecule has 6 nitrogen and oxygen atoms in total. The fourth-order valence-corrected chi connectivity index (χ4v) is 4.69. The number of nitrogens with zero attached hydrogens (tertiary/aromatic N) is 1. The molecule has 146 valence electrons. The highest BCUT2D eigenvalue weighted by molar-refractivity contribution is 6.02. The molecule has 0 aromatic heterocycles. The van der Waals surface area contributed by atoms with Crippen LogP contribution in [-0.2, 0) is 20.9 Å². The zero-order valence-corrected chi connectivity index (χ0v) is 16.1. The normalized spacial score (nSPS) is 27.3. The maximum Gasteiger partial charge on any atom is 0.232 e. The quantitative estimate of drug-likeness (QED) is 0.773. The molecule has 3 amide bonds. The summed E-state index contributed by atoms with van der Waals surface area (Å²) in [6.45, 7) is 1.86. The highest BCUT2D eigenvalue weighted by atomic mass is 35.5. The largest absolute Gasteiger partial charge is 0.325 e. The smallest absolute Gasteiger partial charge is 0.232 e. The Bertz CT molecular complexity index is 738. The molecule has 0 spiro atoms. The predicted molar refractivity (Wildman–Crippen MR) is 104 cm³/mol. The summed E-state index contributed by atoms with van der Waals surface area (Å²) in [5.74, 6) is 0.188. The van der Waals surface area contributed by atoms with E-state index in [1.807, 2.05) is 24.3 Å². The first-order valence-corrected chi connectivity index (χ1v) is 9.53. The van der Waals surface area contributed by atoms with Gasteiger partial charge in [-0.1, -0.05) is 31.0 Å². The van der Waals surface area contributed by atoms with Gasteiger partial charge in [-0.05, 0) is 36.9 Å². The van der Waals surface area contributed by atoms with Crippen molar-refractivity contribution < 1.29 is 14.4 Å². The van der Waals surface area contributed by atoms with Crippen molar-refractivity contribution in [2.75, 3.05) is 18.4 Å². The van der Waals surface area contributed by atoms with Crippen LogP contribution in [0.4, 0.5) is 5.69 Å². The van der Waals surface area contributed by atoms with Gasteiger partial charge in [0.2, 0.25) is 17.7 Å². The summed E-state index contributed by atoms with van der Waals surface area (Å²) in [7, 11) is 0. The highest BCUT2D eigenvalue weighted by Crippen LogP contribution is 2.44. The number of amides is 3. The summed E-state index contributed by atoms with van der Waals surface area (Å²) >= 11 is 0. The minimum Gasteiger partial charge on any atom is -0.325 e. The Balaban J connectivity index is 0.00000210. The van der Waals surface area contributed by atoms with Gasteiger partial charge in [0.15, 0.2) is 0 Å². The topological polar surface area (TPSA) is 78.5 Å². The lowest BCUT2D eigenvalue weighted by atomic mass is 9.67. The van der Waals surface area contributed by atoms with Crippen LogP contribution in [0.25, 0.3) is 0 Å². The van der Waals surface area contributed by atoms with E-state index in [0.717, 1.165) is 37.9 Å². The average molecular weight is 392 g/mol. The van der Waals surface area contributed by atoms with Crippen molar-refractivity contribution in [1.82, 2.24) is 10.2 Å².